The van der Waals surface area contributed by atoms with Gasteiger partial charge in [0.05, 0.1) is 11.3 Å². The number of fused-ring (bicyclic) bond motifs is 1. The molecule has 0 fully saturated rings. The van der Waals surface area contributed by atoms with E-state index in [1.165, 1.54) is 10.4 Å². The second kappa shape index (κ2) is 4.34. The summed E-state index contributed by atoms with van der Waals surface area (Å²) in [4.78, 5) is 25.1. The van der Waals surface area contributed by atoms with E-state index in [0.29, 0.717) is 17.8 Å². The molecule has 3 nitrogen and oxygen atoms in total. The van der Waals surface area contributed by atoms with Crippen LogP contribution in [-0.2, 0) is 4.79 Å². The fourth-order valence-electron chi connectivity index (χ4n) is 1.86. The highest BCUT2D eigenvalue weighted by Gasteiger charge is 2.35. The molecule has 88 valence electrons. The smallest absolute Gasteiger partial charge is 0.299 e. The Bertz CT molecular complexity index is 534. The minimum atomic E-state index is -0.483. The maximum absolute atomic E-state index is 11.8. The molecule has 2 rings (SSSR count). The number of rotatable bonds is 2. The van der Waals surface area contributed by atoms with Crippen molar-refractivity contribution in [2.75, 3.05) is 11.4 Å². The molecule has 1 heterocycles. The number of halogens is 1. The van der Waals surface area contributed by atoms with E-state index in [1.54, 1.807) is 12.1 Å². The summed E-state index contributed by atoms with van der Waals surface area (Å²) < 4.78 is 0. The highest BCUT2D eigenvalue weighted by Crippen LogP contribution is 2.30. The zero-order chi connectivity index (χ0) is 12.6. The molecule has 0 atom stereocenters. The number of aryl methyl sites for hydroxylation is 1. The van der Waals surface area contributed by atoms with Crippen LogP contribution in [0.5, 0.6) is 0 Å². The first-order chi connectivity index (χ1) is 8.04. The summed E-state index contributed by atoms with van der Waals surface area (Å²) in [5.74, 6) is -0.922. The summed E-state index contributed by atoms with van der Waals surface area (Å²) in [6.45, 7) is 4.06. The van der Waals surface area contributed by atoms with Crippen molar-refractivity contribution in [2.45, 2.75) is 13.8 Å². The Morgan fingerprint density at radius 3 is 2.76 bits per heavy atom. The number of amides is 1. The lowest BCUT2D eigenvalue weighted by Crippen LogP contribution is -2.31. The lowest BCUT2D eigenvalue weighted by molar-refractivity contribution is -0.114. The van der Waals surface area contributed by atoms with Crippen LogP contribution in [0.2, 0.25) is 0 Å². The normalized spacial score (nSPS) is 15.5. The molecule has 0 unspecified atom stereocenters. The topological polar surface area (TPSA) is 37.4 Å². The maximum atomic E-state index is 11.8. The Morgan fingerprint density at radius 2 is 2.12 bits per heavy atom. The second-order valence-corrected chi connectivity index (χ2v) is 4.41. The maximum Gasteiger partial charge on any atom is 0.299 e. The van der Waals surface area contributed by atoms with E-state index in [1.807, 2.05) is 19.9 Å². The zero-order valence-corrected chi connectivity index (χ0v) is 10.4. The van der Waals surface area contributed by atoms with E-state index < -0.39 is 11.7 Å². The van der Waals surface area contributed by atoms with Gasteiger partial charge in [-0.2, -0.15) is 0 Å². The van der Waals surface area contributed by atoms with Gasteiger partial charge < -0.3 is 4.90 Å². The standard InChI is InChI=1S/C13H12ClNO2/c1-8-3-4-11-10(5-8)12(16)13(17)15(11)7-9(2)6-14/h3-6H,7H2,1-2H3/b9-6-. The van der Waals surface area contributed by atoms with Crippen molar-refractivity contribution in [1.29, 1.82) is 0 Å². The summed E-state index contributed by atoms with van der Waals surface area (Å²) in [6, 6.07) is 5.43. The Labute approximate surface area is 105 Å². The molecule has 1 aromatic rings. The SMILES string of the molecule is C/C(=C/Cl)CN1C(=O)C(=O)c2cc(C)ccc21. The van der Waals surface area contributed by atoms with E-state index in [2.05, 4.69) is 0 Å². The number of ketones is 1. The summed E-state index contributed by atoms with van der Waals surface area (Å²) in [5, 5.41) is 0. The minimum Gasteiger partial charge on any atom is -0.301 e. The summed E-state index contributed by atoms with van der Waals surface area (Å²) >= 11 is 5.58. The van der Waals surface area contributed by atoms with Crippen molar-refractivity contribution < 1.29 is 9.59 Å². The fourth-order valence-corrected chi connectivity index (χ4v) is 1.92. The molecule has 0 saturated carbocycles. The molecular weight excluding hydrogens is 238 g/mol. The quantitative estimate of drug-likeness (QED) is 0.756. The van der Waals surface area contributed by atoms with Gasteiger partial charge in [0.2, 0.25) is 0 Å². The number of Topliss-reactive ketones (excluding diaryl/α,β-unsaturated/α-hetero) is 1. The summed E-state index contributed by atoms with van der Waals surface area (Å²) in [5.41, 5.74) is 4.38. The van der Waals surface area contributed by atoms with E-state index in [0.717, 1.165) is 11.1 Å². The summed E-state index contributed by atoms with van der Waals surface area (Å²) in [6.07, 6.45) is 0. The van der Waals surface area contributed by atoms with Crippen LogP contribution in [0.1, 0.15) is 22.8 Å². The van der Waals surface area contributed by atoms with Crippen molar-refractivity contribution in [3.8, 4) is 0 Å². The molecule has 0 N–H and O–H groups in total. The van der Waals surface area contributed by atoms with E-state index in [9.17, 15) is 9.59 Å². The van der Waals surface area contributed by atoms with Gasteiger partial charge in [0.25, 0.3) is 11.7 Å². The molecular formula is C13H12ClNO2. The first-order valence-corrected chi connectivity index (χ1v) is 5.71. The van der Waals surface area contributed by atoms with Gasteiger partial charge in [-0.3, -0.25) is 9.59 Å². The van der Waals surface area contributed by atoms with Crippen LogP contribution in [0.15, 0.2) is 29.3 Å². The number of hydrogen-bond acceptors (Lipinski definition) is 2. The van der Waals surface area contributed by atoms with Crippen LogP contribution in [0.25, 0.3) is 0 Å². The Hall–Kier alpha value is -1.61. The van der Waals surface area contributed by atoms with Gasteiger partial charge in [0.15, 0.2) is 0 Å². The van der Waals surface area contributed by atoms with Gasteiger partial charge in [-0.1, -0.05) is 23.2 Å². The molecule has 1 aromatic carbocycles. The third kappa shape index (κ3) is 1.98. The molecule has 0 radical (unpaired) electrons. The second-order valence-electron chi connectivity index (χ2n) is 4.20. The lowest BCUT2D eigenvalue weighted by Gasteiger charge is -2.16. The number of nitrogens with zero attached hydrogens (tertiary/aromatic N) is 1. The van der Waals surface area contributed by atoms with Crippen molar-refractivity contribution in [2.24, 2.45) is 0 Å². The largest absolute Gasteiger partial charge is 0.301 e. The van der Waals surface area contributed by atoms with Crippen LogP contribution < -0.4 is 4.90 Å². The van der Waals surface area contributed by atoms with Gasteiger partial charge in [0, 0.05) is 12.1 Å². The molecule has 0 aromatic heterocycles. The molecule has 0 aliphatic carbocycles. The molecule has 0 spiro atoms. The van der Waals surface area contributed by atoms with Gasteiger partial charge >= 0.3 is 0 Å². The van der Waals surface area contributed by atoms with Crippen molar-refractivity contribution in [3.05, 3.63) is 40.4 Å². The first-order valence-electron chi connectivity index (χ1n) is 5.27. The van der Waals surface area contributed by atoms with Gasteiger partial charge in [-0.25, -0.2) is 0 Å². The Morgan fingerprint density at radius 1 is 1.41 bits per heavy atom. The number of benzene rings is 1. The van der Waals surface area contributed by atoms with Crippen LogP contribution in [0.4, 0.5) is 5.69 Å². The fraction of sp³-hybridized carbons (Fsp3) is 0.231. The van der Waals surface area contributed by atoms with Gasteiger partial charge in [0.1, 0.15) is 0 Å². The molecule has 1 aliphatic rings. The Balaban J connectivity index is 2.45. The molecule has 17 heavy (non-hydrogen) atoms. The van der Waals surface area contributed by atoms with Crippen molar-refractivity contribution in [1.82, 2.24) is 0 Å². The molecule has 1 aliphatic heterocycles. The molecule has 0 bridgehead atoms. The number of carbonyl (C=O) groups is 2. The van der Waals surface area contributed by atoms with E-state index in [4.69, 9.17) is 11.6 Å². The predicted octanol–water partition coefficient (Wildman–Crippen LogP) is 2.67. The lowest BCUT2D eigenvalue weighted by atomic mass is 10.1. The Kier molecular flexibility index (Phi) is 3.03. The monoisotopic (exact) mass is 249 g/mol. The van der Waals surface area contributed by atoms with E-state index in [-0.39, 0.29) is 0 Å². The highest BCUT2D eigenvalue weighted by atomic mass is 35.5. The highest BCUT2D eigenvalue weighted by molar-refractivity contribution is 6.52. The number of carbonyl (C=O) groups excluding carboxylic acids is 2. The van der Waals surface area contributed by atoms with Crippen molar-refractivity contribution in [3.63, 3.8) is 0 Å². The predicted molar refractivity (Wildman–Crippen MR) is 67.5 cm³/mol. The van der Waals surface area contributed by atoms with Crippen LogP contribution >= 0.6 is 11.6 Å². The third-order valence-corrected chi connectivity index (χ3v) is 3.09. The van der Waals surface area contributed by atoms with Crippen LogP contribution in [-0.4, -0.2) is 18.2 Å². The molecule has 4 heteroatoms. The molecule has 1 amide bonds. The average molecular weight is 250 g/mol. The zero-order valence-electron chi connectivity index (χ0n) is 9.66. The van der Waals surface area contributed by atoms with Crippen molar-refractivity contribution >= 4 is 29.0 Å². The van der Waals surface area contributed by atoms with E-state index >= 15 is 0 Å². The van der Waals surface area contributed by atoms with Crippen LogP contribution in [0, 0.1) is 6.92 Å². The van der Waals surface area contributed by atoms with Gasteiger partial charge in [-0.15, -0.1) is 0 Å². The first kappa shape index (κ1) is 11.9. The van der Waals surface area contributed by atoms with Crippen LogP contribution in [0.3, 0.4) is 0 Å². The average Bonchev–Trinajstić information content (AvgIpc) is 2.54. The molecule has 0 saturated heterocycles. The van der Waals surface area contributed by atoms with Gasteiger partial charge in [-0.05, 0) is 31.6 Å². The minimum absolute atomic E-state index is 0.351. The third-order valence-electron chi connectivity index (χ3n) is 2.72. The number of hydrogen-bond donors (Lipinski definition) is 0. The summed E-state index contributed by atoms with van der Waals surface area (Å²) in [7, 11) is 0. The number of anilines is 1.